The Labute approximate surface area is 84.7 Å². The van der Waals surface area contributed by atoms with Crippen molar-refractivity contribution in [1.82, 2.24) is 5.32 Å². The van der Waals surface area contributed by atoms with E-state index in [4.69, 9.17) is 0 Å². The van der Waals surface area contributed by atoms with Gasteiger partial charge in [-0.1, -0.05) is 26.2 Å². The number of carbonyl (C=O) groups excluding carboxylic acids is 2. The average Bonchev–Trinajstić information content (AvgIpc) is 2.14. The van der Waals surface area contributed by atoms with E-state index in [1.165, 1.54) is 12.8 Å². The molecular weight excluding hydrogens is 182 g/mol. The Hall–Kier alpha value is -1.06. The lowest BCUT2D eigenvalue weighted by atomic mass is 10.2. The minimum Gasteiger partial charge on any atom is -0.550 e. The lowest BCUT2D eigenvalue weighted by Gasteiger charge is -2.04. The summed E-state index contributed by atoms with van der Waals surface area (Å²) in [6.07, 6.45) is 4.24. The van der Waals surface area contributed by atoms with Crippen LogP contribution in [0.5, 0.6) is 0 Å². The fourth-order valence-electron chi connectivity index (χ4n) is 1.08. The summed E-state index contributed by atoms with van der Waals surface area (Å²) in [6, 6.07) is 0. The highest BCUT2D eigenvalue weighted by Crippen LogP contribution is 1.97. The number of amides is 1. The van der Waals surface area contributed by atoms with E-state index in [0.717, 1.165) is 12.8 Å². The molecule has 0 bridgehead atoms. The van der Waals surface area contributed by atoms with E-state index in [1.807, 2.05) is 0 Å². The summed E-state index contributed by atoms with van der Waals surface area (Å²) in [6.45, 7) is 2.77. The summed E-state index contributed by atoms with van der Waals surface area (Å²) in [5, 5.41) is 12.7. The van der Waals surface area contributed by atoms with Crippen LogP contribution in [-0.2, 0) is 9.59 Å². The number of carbonyl (C=O) groups is 2. The average molecular weight is 200 g/mol. The summed E-state index contributed by atoms with van der Waals surface area (Å²) in [5.74, 6) is -1.38. The van der Waals surface area contributed by atoms with E-state index in [9.17, 15) is 14.7 Å². The number of carboxylic acids is 1. The molecule has 0 heterocycles. The van der Waals surface area contributed by atoms with Crippen LogP contribution in [0.1, 0.15) is 45.4 Å². The second kappa shape index (κ2) is 8.53. The Kier molecular flexibility index (Phi) is 7.89. The summed E-state index contributed by atoms with van der Waals surface area (Å²) in [4.78, 5) is 21.0. The lowest BCUT2D eigenvalue weighted by Crippen LogP contribution is -2.28. The van der Waals surface area contributed by atoms with Crippen LogP contribution in [0.4, 0.5) is 0 Å². The van der Waals surface area contributed by atoms with Gasteiger partial charge >= 0.3 is 0 Å². The van der Waals surface area contributed by atoms with Gasteiger partial charge in [0, 0.05) is 18.9 Å². The first-order chi connectivity index (χ1) is 6.66. The van der Waals surface area contributed by atoms with E-state index in [-0.39, 0.29) is 18.7 Å². The topological polar surface area (TPSA) is 69.2 Å². The molecule has 4 heteroatoms. The van der Waals surface area contributed by atoms with Gasteiger partial charge in [-0.3, -0.25) is 4.79 Å². The highest BCUT2D eigenvalue weighted by Gasteiger charge is 1.99. The molecule has 0 saturated carbocycles. The predicted molar refractivity (Wildman–Crippen MR) is 51.4 cm³/mol. The minimum atomic E-state index is -1.17. The predicted octanol–water partition coefficient (Wildman–Crippen LogP) is 0.213. The SMILES string of the molecule is CCCCCCNC(=O)CCC(=O)[O-]. The van der Waals surface area contributed by atoms with Crippen LogP contribution in [0.25, 0.3) is 0 Å². The van der Waals surface area contributed by atoms with Gasteiger partial charge in [-0.2, -0.15) is 0 Å². The number of carboxylic acid groups (broad SMARTS) is 1. The number of hydrogen-bond donors (Lipinski definition) is 1. The van der Waals surface area contributed by atoms with Crippen molar-refractivity contribution < 1.29 is 14.7 Å². The standard InChI is InChI=1S/C10H19NO3/c1-2-3-4-5-8-11-9(12)6-7-10(13)14/h2-8H2,1H3,(H,11,12)(H,13,14)/p-1. The van der Waals surface area contributed by atoms with Crippen LogP contribution in [0.2, 0.25) is 0 Å². The third-order valence-electron chi connectivity index (χ3n) is 1.91. The van der Waals surface area contributed by atoms with Crippen LogP contribution in [0.15, 0.2) is 0 Å². The Bertz CT molecular complexity index is 180. The minimum absolute atomic E-state index is 0.0239. The molecule has 0 saturated heterocycles. The molecule has 0 aromatic carbocycles. The van der Waals surface area contributed by atoms with Gasteiger partial charge in [0.05, 0.1) is 0 Å². The molecule has 0 aliphatic heterocycles. The van der Waals surface area contributed by atoms with Crippen molar-refractivity contribution in [3.8, 4) is 0 Å². The van der Waals surface area contributed by atoms with Crippen molar-refractivity contribution in [2.75, 3.05) is 6.54 Å². The Morgan fingerprint density at radius 3 is 2.43 bits per heavy atom. The maximum Gasteiger partial charge on any atom is 0.220 e. The maximum absolute atomic E-state index is 11.0. The van der Waals surface area contributed by atoms with Crippen LogP contribution in [-0.4, -0.2) is 18.4 Å². The first kappa shape index (κ1) is 12.9. The molecule has 4 nitrogen and oxygen atoms in total. The number of aliphatic carboxylic acids is 1. The normalized spacial score (nSPS) is 9.79. The number of nitrogens with one attached hydrogen (secondary N) is 1. The van der Waals surface area contributed by atoms with Gasteiger partial charge in [0.25, 0.3) is 0 Å². The molecule has 0 aromatic heterocycles. The molecule has 0 spiro atoms. The van der Waals surface area contributed by atoms with Crippen LogP contribution < -0.4 is 10.4 Å². The first-order valence-electron chi connectivity index (χ1n) is 5.13. The van der Waals surface area contributed by atoms with Crippen molar-refractivity contribution in [3.63, 3.8) is 0 Å². The highest BCUT2D eigenvalue weighted by molar-refractivity contribution is 5.79. The fourth-order valence-corrected chi connectivity index (χ4v) is 1.08. The molecule has 0 fully saturated rings. The van der Waals surface area contributed by atoms with Gasteiger partial charge in [-0.05, 0) is 12.8 Å². The van der Waals surface area contributed by atoms with Gasteiger partial charge in [0.15, 0.2) is 0 Å². The molecule has 1 N–H and O–H groups in total. The molecule has 0 atom stereocenters. The van der Waals surface area contributed by atoms with Crippen molar-refractivity contribution in [1.29, 1.82) is 0 Å². The van der Waals surface area contributed by atoms with Crippen molar-refractivity contribution in [3.05, 3.63) is 0 Å². The summed E-state index contributed by atoms with van der Waals surface area (Å²) >= 11 is 0. The Balaban J connectivity index is 3.22. The van der Waals surface area contributed by atoms with E-state index < -0.39 is 5.97 Å². The summed E-state index contributed by atoms with van der Waals surface area (Å²) < 4.78 is 0. The van der Waals surface area contributed by atoms with E-state index in [1.54, 1.807) is 0 Å². The van der Waals surface area contributed by atoms with Crippen LogP contribution >= 0.6 is 0 Å². The molecule has 0 aromatic rings. The molecule has 0 unspecified atom stereocenters. The molecule has 14 heavy (non-hydrogen) atoms. The van der Waals surface area contributed by atoms with Gasteiger partial charge in [-0.25, -0.2) is 0 Å². The monoisotopic (exact) mass is 200 g/mol. The molecular formula is C10H18NO3-. The van der Waals surface area contributed by atoms with E-state index >= 15 is 0 Å². The third kappa shape index (κ3) is 9.03. The van der Waals surface area contributed by atoms with Gasteiger partial charge < -0.3 is 15.2 Å². The Morgan fingerprint density at radius 1 is 1.14 bits per heavy atom. The molecule has 0 rings (SSSR count). The van der Waals surface area contributed by atoms with E-state index in [2.05, 4.69) is 12.2 Å². The maximum atomic E-state index is 11.0. The lowest BCUT2D eigenvalue weighted by molar-refractivity contribution is -0.305. The van der Waals surface area contributed by atoms with Crippen molar-refractivity contribution >= 4 is 11.9 Å². The van der Waals surface area contributed by atoms with E-state index in [0.29, 0.717) is 6.54 Å². The van der Waals surface area contributed by atoms with Crippen molar-refractivity contribution in [2.45, 2.75) is 45.4 Å². The fraction of sp³-hybridized carbons (Fsp3) is 0.800. The Morgan fingerprint density at radius 2 is 1.86 bits per heavy atom. The molecule has 82 valence electrons. The number of rotatable bonds is 8. The molecule has 1 amide bonds. The summed E-state index contributed by atoms with van der Waals surface area (Å²) in [7, 11) is 0. The number of unbranched alkanes of at least 4 members (excludes halogenated alkanes) is 3. The smallest absolute Gasteiger partial charge is 0.220 e. The second-order valence-corrected chi connectivity index (χ2v) is 3.28. The highest BCUT2D eigenvalue weighted by atomic mass is 16.4. The quantitative estimate of drug-likeness (QED) is 0.569. The van der Waals surface area contributed by atoms with Crippen LogP contribution in [0, 0.1) is 0 Å². The van der Waals surface area contributed by atoms with Crippen LogP contribution in [0.3, 0.4) is 0 Å². The van der Waals surface area contributed by atoms with Gasteiger partial charge in [0.1, 0.15) is 0 Å². The first-order valence-corrected chi connectivity index (χ1v) is 5.13. The van der Waals surface area contributed by atoms with Gasteiger partial charge in [0.2, 0.25) is 5.91 Å². The zero-order valence-corrected chi connectivity index (χ0v) is 8.67. The largest absolute Gasteiger partial charge is 0.550 e. The second-order valence-electron chi connectivity index (χ2n) is 3.28. The molecule has 0 radical (unpaired) electrons. The summed E-state index contributed by atoms with van der Waals surface area (Å²) in [5.41, 5.74) is 0. The zero-order valence-electron chi connectivity index (χ0n) is 8.67. The molecule has 0 aliphatic carbocycles. The zero-order chi connectivity index (χ0) is 10.8. The third-order valence-corrected chi connectivity index (χ3v) is 1.91. The van der Waals surface area contributed by atoms with Crippen molar-refractivity contribution in [2.24, 2.45) is 0 Å². The number of hydrogen-bond acceptors (Lipinski definition) is 3. The van der Waals surface area contributed by atoms with Gasteiger partial charge in [-0.15, -0.1) is 0 Å². The molecule has 0 aliphatic rings.